The summed E-state index contributed by atoms with van der Waals surface area (Å²) in [4.78, 5) is 4.21. The molecular weight excluding hydrogens is 379 g/mol. The van der Waals surface area contributed by atoms with Crippen molar-refractivity contribution in [1.82, 2.24) is 15.2 Å². The van der Waals surface area contributed by atoms with E-state index in [2.05, 4.69) is 25.8 Å². The summed E-state index contributed by atoms with van der Waals surface area (Å²) >= 11 is 5.97. The Morgan fingerprint density at radius 1 is 1.11 bits per heavy atom. The number of nitrogens with one attached hydrogen (secondary N) is 2. The normalized spacial score (nSPS) is 11.3. The van der Waals surface area contributed by atoms with Crippen LogP contribution in [-0.4, -0.2) is 15.2 Å². The van der Waals surface area contributed by atoms with E-state index in [4.69, 9.17) is 11.6 Å². The van der Waals surface area contributed by atoms with Gasteiger partial charge in [-0.1, -0.05) is 35.9 Å². The maximum Gasteiger partial charge on any atom is 0.416 e. The summed E-state index contributed by atoms with van der Waals surface area (Å²) < 4.78 is 38.6. The van der Waals surface area contributed by atoms with Gasteiger partial charge in [0.2, 0.25) is 5.95 Å². The summed E-state index contributed by atoms with van der Waals surface area (Å²) in [5.41, 5.74) is 1.44. The van der Waals surface area contributed by atoms with E-state index < -0.39 is 11.7 Å². The molecule has 140 valence electrons. The van der Waals surface area contributed by atoms with Gasteiger partial charge in [0, 0.05) is 6.54 Å². The van der Waals surface area contributed by atoms with Gasteiger partial charge in [-0.3, -0.25) is 0 Å². The fraction of sp³-hybridized carbons (Fsp3) is 0.167. The lowest BCUT2D eigenvalue weighted by atomic mass is 10.1. The summed E-state index contributed by atoms with van der Waals surface area (Å²) in [5, 5.41) is 13.5. The molecule has 0 aliphatic rings. The van der Waals surface area contributed by atoms with E-state index in [0.717, 1.165) is 23.3 Å². The van der Waals surface area contributed by atoms with Crippen LogP contribution in [0.4, 0.5) is 30.6 Å². The molecule has 0 atom stereocenters. The molecule has 3 aromatic rings. The molecule has 3 rings (SSSR count). The van der Waals surface area contributed by atoms with E-state index >= 15 is 0 Å². The van der Waals surface area contributed by atoms with Crippen molar-refractivity contribution in [3.05, 3.63) is 70.4 Å². The fourth-order valence-corrected chi connectivity index (χ4v) is 2.52. The highest BCUT2D eigenvalue weighted by atomic mass is 35.5. The number of aromatic nitrogens is 3. The number of hydrogen-bond donors (Lipinski definition) is 2. The number of halogens is 4. The second-order valence-electron chi connectivity index (χ2n) is 5.76. The molecule has 2 N–H and O–H groups in total. The van der Waals surface area contributed by atoms with E-state index in [1.807, 2.05) is 31.2 Å². The molecule has 0 bridgehead atoms. The molecule has 0 saturated heterocycles. The van der Waals surface area contributed by atoms with Crippen LogP contribution in [0.2, 0.25) is 5.02 Å². The van der Waals surface area contributed by atoms with Crippen molar-refractivity contribution >= 4 is 29.1 Å². The first-order chi connectivity index (χ1) is 12.8. The summed E-state index contributed by atoms with van der Waals surface area (Å²) in [6.45, 7) is 2.52. The number of hydrogen-bond acceptors (Lipinski definition) is 5. The molecule has 0 fully saturated rings. The number of benzene rings is 2. The predicted octanol–water partition coefficient (Wildman–Crippen LogP) is 5.21. The van der Waals surface area contributed by atoms with Gasteiger partial charge in [0.25, 0.3) is 0 Å². The zero-order chi connectivity index (χ0) is 19.4. The van der Waals surface area contributed by atoms with Crippen LogP contribution in [0, 0.1) is 6.92 Å². The Hall–Kier alpha value is -2.87. The number of anilines is 3. The Bertz CT molecular complexity index is 946. The Morgan fingerprint density at radius 3 is 2.63 bits per heavy atom. The van der Waals surface area contributed by atoms with Gasteiger partial charge in [-0.05, 0) is 36.2 Å². The van der Waals surface area contributed by atoms with Crippen LogP contribution in [0.5, 0.6) is 0 Å². The smallest absolute Gasteiger partial charge is 0.365 e. The maximum absolute atomic E-state index is 12.9. The van der Waals surface area contributed by atoms with Crippen LogP contribution >= 0.6 is 11.6 Å². The van der Waals surface area contributed by atoms with E-state index in [-0.39, 0.29) is 16.7 Å². The van der Waals surface area contributed by atoms with Crippen LogP contribution in [0.15, 0.2) is 48.7 Å². The average molecular weight is 394 g/mol. The lowest BCUT2D eigenvalue weighted by Gasteiger charge is -2.12. The molecule has 0 saturated carbocycles. The first-order valence-corrected chi connectivity index (χ1v) is 8.32. The van der Waals surface area contributed by atoms with Gasteiger partial charge in [0.15, 0.2) is 5.82 Å². The van der Waals surface area contributed by atoms with Gasteiger partial charge >= 0.3 is 6.18 Å². The standard InChI is InChI=1S/C18H15ClF3N5/c1-11-4-2-3-5-12(11)9-23-16-10-24-27-17(26-16)25-15-8-13(18(20,21)22)6-7-14(15)19/h2-8,10H,9H2,1H3,(H2,23,25,26,27). The number of rotatable bonds is 5. The maximum atomic E-state index is 12.9. The molecular formula is C18H15ClF3N5. The van der Waals surface area contributed by atoms with Crippen molar-refractivity contribution in [2.45, 2.75) is 19.6 Å². The molecule has 27 heavy (non-hydrogen) atoms. The topological polar surface area (TPSA) is 62.7 Å². The minimum atomic E-state index is -4.48. The van der Waals surface area contributed by atoms with Gasteiger partial charge in [-0.15, -0.1) is 5.10 Å². The van der Waals surface area contributed by atoms with Crippen molar-refractivity contribution in [3.63, 3.8) is 0 Å². The second-order valence-corrected chi connectivity index (χ2v) is 6.17. The van der Waals surface area contributed by atoms with E-state index in [1.165, 1.54) is 12.3 Å². The second kappa shape index (κ2) is 7.79. The summed E-state index contributed by atoms with van der Waals surface area (Å²) in [6, 6.07) is 10.8. The minimum Gasteiger partial charge on any atom is -0.365 e. The number of aryl methyl sites for hydroxylation is 1. The van der Waals surface area contributed by atoms with Crippen molar-refractivity contribution in [2.24, 2.45) is 0 Å². The summed E-state index contributed by atoms with van der Waals surface area (Å²) in [5.74, 6) is 0.463. The van der Waals surface area contributed by atoms with Gasteiger partial charge in [0.05, 0.1) is 22.5 Å². The van der Waals surface area contributed by atoms with Crippen molar-refractivity contribution in [2.75, 3.05) is 10.6 Å². The van der Waals surface area contributed by atoms with Crippen molar-refractivity contribution in [3.8, 4) is 0 Å². The molecule has 0 radical (unpaired) electrons. The van der Waals surface area contributed by atoms with Crippen LogP contribution in [0.3, 0.4) is 0 Å². The Morgan fingerprint density at radius 2 is 1.89 bits per heavy atom. The predicted molar refractivity (Wildman–Crippen MR) is 98.1 cm³/mol. The van der Waals surface area contributed by atoms with Gasteiger partial charge < -0.3 is 10.6 Å². The molecule has 0 aliphatic carbocycles. The van der Waals surface area contributed by atoms with Crippen molar-refractivity contribution < 1.29 is 13.2 Å². The third kappa shape index (κ3) is 4.85. The zero-order valence-corrected chi connectivity index (χ0v) is 14.9. The SMILES string of the molecule is Cc1ccccc1CNc1cnnc(Nc2cc(C(F)(F)F)ccc2Cl)n1. The molecule has 9 heteroatoms. The van der Waals surface area contributed by atoms with E-state index in [1.54, 1.807) is 0 Å². The third-order valence-corrected chi connectivity index (χ3v) is 4.15. The fourth-order valence-electron chi connectivity index (χ4n) is 2.35. The highest BCUT2D eigenvalue weighted by Crippen LogP contribution is 2.34. The molecule has 0 aliphatic heterocycles. The highest BCUT2D eigenvalue weighted by Gasteiger charge is 2.31. The van der Waals surface area contributed by atoms with E-state index in [9.17, 15) is 13.2 Å². The molecule has 0 spiro atoms. The average Bonchev–Trinajstić information content (AvgIpc) is 2.62. The van der Waals surface area contributed by atoms with E-state index in [0.29, 0.717) is 12.4 Å². The lowest BCUT2D eigenvalue weighted by Crippen LogP contribution is -2.08. The lowest BCUT2D eigenvalue weighted by molar-refractivity contribution is -0.137. The van der Waals surface area contributed by atoms with Gasteiger partial charge in [-0.25, -0.2) is 0 Å². The van der Waals surface area contributed by atoms with Crippen LogP contribution < -0.4 is 10.6 Å². The molecule has 0 amide bonds. The number of nitrogens with zero attached hydrogens (tertiary/aromatic N) is 3. The van der Waals surface area contributed by atoms with Crippen LogP contribution in [-0.2, 0) is 12.7 Å². The first kappa shape index (κ1) is 18.9. The monoisotopic (exact) mass is 393 g/mol. The van der Waals surface area contributed by atoms with Crippen molar-refractivity contribution in [1.29, 1.82) is 0 Å². The quantitative estimate of drug-likeness (QED) is 0.623. The number of alkyl halides is 3. The summed E-state index contributed by atoms with van der Waals surface area (Å²) in [6.07, 6.45) is -3.05. The largest absolute Gasteiger partial charge is 0.416 e. The van der Waals surface area contributed by atoms with Crippen LogP contribution in [0.1, 0.15) is 16.7 Å². The third-order valence-electron chi connectivity index (χ3n) is 3.82. The minimum absolute atomic E-state index is 0.0333. The van der Waals surface area contributed by atoms with Crippen LogP contribution in [0.25, 0.3) is 0 Å². The molecule has 0 unspecified atom stereocenters. The Kier molecular flexibility index (Phi) is 5.46. The molecule has 1 heterocycles. The molecule has 1 aromatic heterocycles. The highest BCUT2D eigenvalue weighted by molar-refractivity contribution is 6.33. The first-order valence-electron chi connectivity index (χ1n) is 7.95. The van der Waals surface area contributed by atoms with Gasteiger partial charge in [-0.2, -0.15) is 23.3 Å². The zero-order valence-electron chi connectivity index (χ0n) is 14.2. The Balaban J connectivity index is 1.75. The molecule has 5 nitrogen and oxygen atoms in total. The Labute approximate surface area is 158 Å². The summed E-state index contributed by atoms with van der Waals surface area (Å²) in [7, 11) is 0. The van der Waals surface area contributed by atoms with Gasteiger partial charge in [0.1, 0.15) is 0 Å². The molecule has 2 aromatic carbocycles.